The van der Waals surface area contributed by atoms with E-state index >= 15 is 0 Å². The number of likely N-dealkylation sites (N-methyl/N-ethyl adjacent to an activating group) is 1. The van der Waals surface area contributed by atoms with E-state index in [1.165, 1.54) is 0 Å². The lowest BCUT2D eigenvalue weighted by molar-refractivity contribution is -0.130. The predicted octanol–water partition coefficient (Wildman–Crippen LogP) is 2.22. The Labute approximate surface area is 127 Å². The maximum Gasteiger partial charge on any atom is 0.227 e. The van der Waals surface area contributed by atoms with Crippen LogP contribution in [0.4, 0.5) is 0 Å². The second-order valence-electron chi connectivity index (χ2n) is 4.66. The number of oxime groups is 1. The SMILES string of the molecule is CCN(CC(C)C(N)=NO)C(=O)Cc1cccc(Br)c1. The summed E-state index contributed by atoms with van der Waals surface area (Å²) in [5, 5.41) is 11.6. The quantitative estimate of drug-likeness (QED) is 0.360. The number of benzene rings is 1. The summed E-state index contributed by atoms with van der Waals surface area (Å²) in [6.07, 6.45) is 0.343. The molecule has 5 nitrogen and oxygen atoms in total. The second-order valence-corrected chi connectivity index (χ2v) is 5.58. The first kappa shape index (κ1) is 16.5. The molecule has 0 aliphatic heterocycles. The molecule has 0 aromatic heterocycles. The van der Waals surface area contributed by atoms with Gasteiger partial charge in [-0.2, -0.15) is 0 Å². The topological polar surface area (TPSA) is 78.9 Å². The first-order valence-corrected chi connectivity index (χ1v) is 7.26. The van der Waals surface area contributed by atoms with Crippen LogP contribution in [0.25, 0.3) is 0 Å². The van der Waals surface area contributed by atoms with Gasteiger partial charge in [-0.25, -0.2) is 0 Å². The van der Waals surface area contributed by atoms with E-state index < -0.39 is 0 Å². The standard InChI is InChI=1S/C14H20BrN3O2/c1-3-18(9-10(2)14(16)17-20)13(19)8-11-5-4-6-12(15)7-11/h4-7,10,20H,3,8-9H2,1-2H3,(H2,16,17). The number of hydrogen-bond donors (Lipinski definition) is 2. The van der Waals surface area contributed by atoms with E-state index in [2.05, 4.69) is 21.1 Å². The van der Waals surface area contributed by atoms with Crippen molar-refractivity contribution in [2.45, 2.75) is 20.3 Å². The molecule has 1 aromatic carbocycles. The van der Waals surface area contributed by atoms with Crippen molar-refractivity contribution >= 4 is 27.7 Å². The Balaban J connectivity index is 2.68. The highest BCUT2D eigenvalue weighted by atomic mass is 79.9. The van der Waals surface area contributed by atoms with Crippen LogP contribution in [0.1, 0.15) is 19.4 Å². The number of carbonyl (C=O) groups excluding carboxylic acids is 1. The van der Waals surface area contributed by atoms with Crippen molar-refractivity contribution in [2.24, 2.45) is 16.8 Å². The summed E-state index contributed by atoms with van der Waals surface area (Å²) in [6.45, 7) is 4.77. The minimum Gasteiger partial charge on any atom is -0.409 e. The molecule has 1 atom stereocenters. The summed E-state index contributed by atoms with van der Waals surface area (Å²) in [5.74, 6) is -0.00620. The summed E-state index contributed by atoms with van der Waals surface area (Å²) in [7, 11) is 0. The molecule has 0 heterocycles. The maximum absolute atomic E-state index is 12.3. The molecule has 0 fully saturated rings. The van der Waals surface area contributed by atoms with Crippen LogP contribution in [-0.4, -0.2) is 34.9 Å². The van der Waals surface area contributed by atoms with Crippen molar-refractivity contribution in [1.82, 2.24) is 4.90 Å². The fraction of sp³-hybridized carbons (Fsp3) is 0.429. The predicted molar refractivity (Wildman–Crippen MR) is 82.7 cm³/mol. The van der Waals surface area contributed by atoms with E-state index in [1.807, 2.05) is 38.1 Å². The van der Waals surface area contributed by atoms with Gasteiger partial charge < -0.3 is 15.8 Å². The summed E-state index contributed by atoms with van der Waals surface area (Å²) in [6, 6.07) is 7.68. The zero-order valence-corrected chi connectivity index (χ0v) is 13.3. The first-order chi connectivity index (χ1) is 9.47. The fourth-order valence-electron chi connectivity index (χ4n) is 1.86. The molecule has 3 N–H and O–H groups in total. The highest BCUT2D eigenvalue weighted by Crippen LogP contribution is 2.13. The molecular formula is C14H20BrN3O2. The fourth-order valence-corrected chi connectivity index (χ4v) is 2.31. The minimum absolute atomic E-state index is 0.0307. The molecule has 20 heavy (non-hydrogen) atoms. The Morgan fingerprint density at radius 1 is 1.55 bits per heavy atom. The molecule has 0 aliphatic rings. The normalized spacial score (nSPS) is 13.1. The number of halogens is 1. The van der Waals surface area contributed by atoms with Gasteiger partial charge in [0.25, 0.3) is 0 Å². The summed E-state index contributed by atoms with van der Waals surface area (Å²) >= 11 is 3.39. The third-order valence-electron chi connectivity index (χ3n) is 3.09. The van der Waals surface area contributed by atoms with Gasteiger partial charge in [0.15, 0.2) is 0 Å². The summed E-state index contributed by atoms with van der Waals surface area (Å²) in [5.41, 5.74) is 6.51. The van der Waals surface area contributed by atoms with Gasteiger partial charge in [0.05, 0.1) is 6.42 Å². The molecule has 0 bridgehead atoms. The average Bonchev–Trinajstić information content (AvgIpc) is 2.43. The van der Waals surface area contributed by atoms with Crippen LogP contribution < -0.4 is 5.73 Å². The van der Waals surface area contributed by atoms with Crippen LogP contribution in [0.5, 0.6) is 0 Å². The molecule has 6 heteroatoms. The minimum atomic E-state index is -0.175. The summed E-state index contributed by atoms with van der Waals surface area (Å²) in [4.78, 5) is 14.0. The molecular weight excluding hydrogens is 322 g/mol. The molecule has 110 valence electrons. The Bertz CT molecular complexity index is 491. The van der Waals surface area contributed by atoms with Crippen molar-refractivity contribution in [1.29, 1.82) is 0 Å². The Kier molecular flexibility index (Phi) is 6.51. The molecule has 1 amide bonds. The lowest BCUT2D eigenvalue weighted by atomic mass is 10.1. The lowest BCUT2D eigenvalue weighted by Crippen LogP contribution is -2.39. The van der Waals surface area contributed by atoms with Gasteiger partial charge in [0, 0.05) is 23.5 Å². The molecule has 1 aromatic rings. The van der Waals surface area contributed by atoms with E-state index in [0.717, 1.165) is 10.0 Å². The van der Waals surface area contributed by atoms with Crippen molar-refractivity contribution < 1.29 is 10.0 Å². The molecule has 1 unspecified atom stereocenters. The first-order valence-electron chi connectivity index (χ1n) is 6.47. The van der Waals surface area contributed by atoms with E-state index in [0.29, 0.717) is 19.5 Å². The third kappa shape index (κ3) is 4.85. The van der Waals surface area contributed by atoms with E-state index in [1.54, 1.807) is 4.90 Å². The second kappa shape index (κ2) is 7.89. The largest absolute Gasteiger partial charge is 0.409 e. The van der Waals surface area contributed by atoms with Crippen molar-refractivity contribution in [2.75, 3.05) is 13.1 Å². The van der Waals surface area contributed by atoms with E-state index in [4.69, 9.17) is 10.9 Å². The van der Waals surface area contributed by atoms with Crippen LogP contribution in [0.2, 0.25) is 0 Å². The van der Waals surface area contributed by atoms with Gasteiger partial charge in [-0.3, -0.25) is 4.79 Å². The van der Waals surface area contributed by atoms with E-state index in [-0.39, 0.29) is 17.7 Å². The van der Waals surface area contributed by atoms with Crippen LogP contribution >= 0.6 is 15.9 Å². The van der Waals surface area contributed by atoms with Crippen LogP contribution in [0.15, 0.2) is 33.9 Å². The van der Waals surface area contributed by atoms with Gasteiger partial charge in [-0.15, -0.1) is 0 Å². The number of hydrogen-bond acceptors (Lipinski definition) is 3. The molecule has 0 aliphatic carbocycles. The highest BCUT2D eigenvalue weighted by molar-refractivity contribution is 9.10. The van der Waals surface area contributed by atoms with Crippen LogP contribution in [0, 0.1) is 5.92 Å². The van der Waals surface area contributed by atoms with Crippen molar-refractivity contribution in [3.8, 4) is 0 Å². The zero-order valence-electron chi connectivity index (χ0n) is 11.7. The van der Waals surface area contributed by atoms with Crippen molar-refractivity contribution in [3.05, 3.63) is 34.3 Å². The Morgan fingerprint density at radius 2 is 2.25 bits per heavy atom. The number of amidine groups is 1. The maximum atomic E-state index is 12.3. The average molecular weight is 342 g/mol. The van der Waals surface area contributed by atoms with Crippen LogP contribution in [-0.2, 0) is 11.2 Å². The monoisotopic (exact) mass is 341 g/mol. The molecule has 1 rings (SSSR count). The Hall–Kier alpha value is -1.56. The van der Waals surface area contributed by atoms with E-state index in [9.17, 15) is 4.79 Å². The third-order valence-corrected chi connectivity index (χ3v) is 3.59. The van der Waals surface area contributed by atoms with Gasteiger partial charge in [-0.05, 0) is 24.6 Å². The van der Waals surface area contributed by atoms with Gasteiger partial charge in [-0.1, -0.05) is 40.1 Å². The lowest BCUT2D eigenvalue weighted by Gasteiger charge is -2.24. The molecule has 0 radical (unpaired) electrons. The Morgan fingerprint density at radius 3 is 2.80 bits per heavy atom. The summed E-state index contributed by atoms with van der Waals surface area (Å²) < 4.78 is 0.955. The number of amides is 1. The molecule has 0 saturated carbocycles. The number of nitrogens with two attached hydrogens (primary N) is 1. The number of rotatable bonds is 6. The van der Waals surface area contributed by atoms with Crippen LogP contribution in [0.3, 0.4) is 0 Å². The number of nitrogens with zero attached hydrogens (tertiary/aromatic N) is 2. The highest BCUT2D eigenvalue weighted by Gasteiger charge is 2.17. The molecule has 0 spiro atoms. The smallest absolute Gasteiger partial charge is 0.227 e. The zero-order chi connectivity index (χ0) is 15.1. The van der Waals surface area contributed by atoms with Gasteiger partial charge in [0.2, 0.25) is 5.91 Å². The van der Waals surface area contributed by atoms with Gasteiger partial charge >= 0.3 is 0 Å². The van der Waals surface area contributed by atoms with Crippen molar-refractivity contribution in [3.63, 3.8) is 0 Å². The molecule has 0 saturated heterocycles. The number of carbonyl (C=O) groups is 1. The van der Waals surface area contributed by atoms with Gasteiger partial charge in [0.1, 0.15) is 5.84 Å².